The highest BCUT2D eigenvalue weighted by atomic mass is 19.1. The third-order valence-electron chi connectivity index (χ3n) is 3.72. The summed E-state index contributed by atoms with van der Waals surface area (Å²) in [4.78, 5) is 23.2. The first-order valence-electron chi connectivity index (χ1n) is 8.00. The van der Waals surface area contributed by atoms with Crippen LogP contribution in [0.5, 0.6) is 0 Å². The second kappa shape index (κ2) is 8.37. The minimum atomic E-state index is -0.596. The van der Waals surface area contributed by atoms with Crippen LogP contribution in [0.2, 0.25) is 0 Å². The van der Waals surface area contributed by atoms with Crippen LogP contribution in [0.1, 0.15) is 37.4 Å². The first kappa shape index (κ1) is 18.6. The summed E-state index contributed by atoms with van der Waals surface area (Å²) < 4.78 is 27.2. The van der Waals surface area contributed by atoms with Gasteiger partial charge in [0.25, 0.3) is 0 Å². The quantitative estimate of drug-likeness (QED) is 0.837. The van der Waals surface area contributed by atoms with Crippen molar-refractivity contribution in [2.24, 2.45) is 0 Å². The third kappa shape index (κ3) is 5.38. The van der Waals surface area contributed by atoms with Gasteiger partial charge in [0.1, 0.15) is 11.6 Å². The van der Waals surface area contributed by atoms with Gasteiger partial charge >= 0.3 is 0 Å². The fraction of sp³-hybridized carbons (Fsp3) is 0.263. The molecule has 0 spiro atoms. The Morgan fingerprint density at radius 1 is 1.08 bits per heavy atom. The van der Waals surface area contributed by atoms with Crippen molar-refractivity contribution in [3.63, 3.8) is 0 Å². The molecule has 1 atom stereocenters. The molecule has 0 radical (unpaired) electrons. The topological polar surface area (TPSA) is 58.2 Å². The van der Waals surface area contributed by atoms with Gasteiger partial charge in [-0.3, -0.25) is 9.59 Å². The van der Waals surface area contributed by atoms with Gasteiger partial charge in [-0.1, -0.05) is 19.1 Å². The number of hydrogen-bond acceptors (Lipinski definition) is 2. The lowest BCUT2D eigenvalue weighted by Crippen LogP contribution is -2.30. The molecule has 4 nitrogen and oxygen atoms in total. The molecule has 0 aliphatic carbocycles. The van der Waals surface area contributed by atoms with Crippen molar-refractivity contribution in [1.82, 2.24) is 5.32 Å². The van der Waals surface area contributed by atoms with E-state index in [1.54, 1.807) is 31.2 Å². The van der Waals surface area contributed by atoms with Crippen LogP contribution >= 0.6 is 0 Å². The van der Waals surface area contributed by atoms with Gasteiger partial charge in [0.2, 0.25) is 11.8 Å². The van der Waals surface area contributed by atoms with Crippen LogP contribution in [0.4, 0.5) is 14.5 Å². The van der Waals surface area contributed by atoms with Crippen LogP contribution in [0.25, 0.3) is 0 Å². The summed E-state index contributed by atoms with van der Waals surface area (Å²) in [5.74, 6) is -1.55. The second-order valence-corrected chi connectivity index (χ2v) is 5.75. The number of halogens is 2. The van der Waals surface area contributed by atoms with E-state index in [9.17, 15) is 18.4 Å². The first-order chi connectivity index (χ1) is 11.9. The SMILES string of the molecule is CCC(NC(=O)Cc1ccc(NC(C)=O)cc1)c1cc(F)ccc1F. The fourth-order valence-electron chi connectivity index (χ4n) is 2.52. The average molecular weight is 346 g/mol. The van der Waals surface area contributed by atoms with Crippen LogP contribution in [0, 0.1) is 11.6 Å². The molecule has 0 aromatic heterocycles. The minimum absolute atomic E-state index is 0.105. The third-order valence-corrected chi connectivity index (χ3v) is 3.72. The molecule has 2 amide bonds. The van der Waals surface area contributed by atoms with Gasteiger partial charge in [0.15, 0.2) is 0 Å². The summed E-state index contributed by atoms with van der Waals surface area (Å²) >= 11 is 0. The Bertz CT molecular complexity index is 761. The monoisotopic (exact) mass is 346 g/mol. The molecule has 1 unspecified atom stereocenters. The number of nitrogens with one attached hydrogen (secondary N) is 2. The summed E-state index contributed by atoms with van der Waals surface area (Å²) in [6.45, 7) is 3.20. The number of carbonyl (C=O) groups excluding carboxylic acids is 2. The highest BCUT2D eigenvalue weighted by Gasteiger charge is 2.17. The number of amides is 2. The van der Waals surface area contributed by atoms with Crippen molar-refractivity contribution in [3.8, 4) is 0 Å². The maximum Gasteiger partial charge on any atom is 0.224 e. The molecule has 2 aromatic carbocycles. The Hall–Kier alpha value is -2.76. The van der Waals surface area contributed by atoms with Crippen LogP contribution in [-0.4, -0.2) is 11.8 Å². The molecule has 2 N–H and O–H groups in total. The van der Waals surface area contributed by atoms with Crippen LogP contribution in [-0.2, 0) is 16.0 Å². The largest absolute Gasteiger partial charge is 0.349 e. The standard InChI is InChI=1S/C19H20F2N2O2/c1-3-18(16-11-14(20)6-9-17(16)21)23-19(25)10-13-4-7-15(8-5-13)22-12(2)24/h4-9,11,18H,3,10H2,1-2H3,(H,22,24)(H,23,25). The van der Waals surface area contributed by atoms with E-state index in [0.717, 1.165) is 23.8 Å². The van der Waals surface area contributed by atoms with E-state index < -0.39 is 17.7 Å². The predicted molar refractivity (Wildman–Crippen MR) is 92.0 cm³/mol. The van der Waals surface area contributed by atoms with Crippen molar-refractivity contribution < 1.29 is 18.4 Å². The molecule has 6 heteroatoms. The van der Waals surface area contributed by atoms with Crippen molar-refractivity contribution >= 4 is 17.5 Å². The Morgan fingerprint density at radius 2 is 1.76 bits per heavy atom. The zero-order valence-corrected chi connectivity index (χ0v) is 14.1. The summed E-state index contributed by atoms with van der Waals surface area (Å²) in [6, 6.07) is 9.47. The van der Waals surface area contributed by atoms with E-state index in [1.807, 2.05) is 0 Å². The Kier molecular flexibility index (Phi) is 6.22. The molecule has 0 heterocycles. The lowest BCUT2D eigenvalue weighted by molar-refractivity contribution is -0.121. The molecular formula is C19H20F2N2O2. The lowest BCUT2D eigenvalue weighted by atomic mass is 10.0. The molecule has 2 aromatic rings. The molecule has 132 valence electrons. The number of hydrogen-bond donors (Lipinski definition) is 2. The number of anilines is 1. The van der Waals surface area contributed by atoms with E-state index in [1.165, 1.54) is 6.92 Å². The molecule has 0 saturated heterocycles. The summed E-state index contributed by atoms with van der Waals surface area (Å²) in [5, 5.41) is 5.37. The molecule has 0 saturated carbocycles. The molecule has 0 fully saturated rings. The van der Waals surface area contributed by atoms with E-state index in [4.69, 9.17) is 0 Å². The lowest BCUT2D eigenvalue weighted by Gasteiger charge is -2.18. The summed E-state index contributed by atoms with van der Waals surface area (Å²) in [7, 11) is 0. The van der Waals surface area contributed by atoms with Crippen LogP contribution in [0.15, 0.2) is 42.5 Å². The van der Waals surface area contributed by atoms with Crippen LogP contribution < -0.4 is 10.6 Å². The number of carbonyl (C=O) groups is 2. The van der Waals surface area contributed by atoms with E-state index in [-0.39, 0.29) is 23.8 Å². The average Bonchev–Trinajstić information content (AvgIpc) is 2.56. The van der Waals surface area contributed by atoms with Crippen molar-refractivity contribution in [3.05, 3.63) is 65.2 Å². The van der Waals surface area contributed by atoms with Gasteiger partial charge in [-0.25, -0.2) is 8.78 Å². The zero-order chi connectivity index (χ0) is 18.4. The van der Waals surface area contributed by atoms with E-state index in [2.05, 4.69) is 10.6 Å². The number of benzene rings is 2. The Balaban J connectivity index is 2.02. The normalized spacial score (nSPS) is 11.7. The van der Waals surface area contributed by atoms with Gasteiger partial charge in [-0.05, 0) is 42.3 Å². The smallest absolute Gasteiger partial charge is 0.224 e. The van der Waals surface area contributed by atoms with E-state index in [0.29, 0.717) is 12.1 Å². The molecule has 0 bridgehead atoms. The minimum Gasteiger partial charge on any atom is -0.349 e. The highest BCUT2D eigenvalue weighted by molar-refractivity contribution is 5.88. The van der Waals surface area contributed by atoms with Crippen molar-refractivity contribution in [2.45, 2.75) is 32.7 Å². The van der Waals surface area contributed by atoms with Gasteiger partial charge in [-0.15, -0.1) is 0 Å². The Labute approximate surface area is 145 Å². The molecular weight excluding hydrogens is 326 g/mol. The molecule has 0 aliphatic rings. The van der Waals surface area contributed by atoms with Gasteiger partial charge in [0, 0.05) is 18.2 Å². The van der Waals surface area contributed by atoms with E-state index >= 15 is 0 Å². The van der Waals surface area contributed by atoms with Gasteiger partial charge in [-0.2, -0.15) is 0 Å². The maximum absolute atomic E-state index is 13.9. The predicted octanol–water partition coefficient (Wildman–Crippen LogP) is 3.73. The Morgan fingerprint density at radius 3 is 2.36 bits per heavy atom. The summed E-state index contributed by atoms with van der Waals surface area (Å²) in [6.07, 6.45) is 0.543. The first-order valence-corrected chi connectivity index (χ1v) is 8.00. The maximum atomic E-state index is 13.9. The fourth-order valence-corrected chi connectivity index (χ4v) is 2.52. The zero-order valence-electron chi connectivity index (χ0n) is 14.1. The molecule has 0 aliphatic heterocycles. The van der Waals surface area contributed by atoms with Crippen LogP contribution in [0.3, 0.4) is 0 Å². The van der Waals surface area contributed by atoms with Gasteiger partial charge in [0.05, 0.1) is 12.5 Å². The van der Waals surface area contributed by atoms with Gasteiger partial charge < -0.3 is 10.6 Å². The second-order valence-electron chi connectivity index (χ2n) is 5.75. The van der Waals surface area contributed by atoms with Crippen molar-refractivity contribution in [1.29, 1.82) is 0 Å². The molecule has 2 rings (SSSR count). The summed E-state index contributed by atoms with van der Waals surface area (Å²) in [5.41, 5.74) is 1.53. The number of rotatable bonds is 6. The highest BCUT2D eigenvalue weighted by Crippen LogP contribution is 2.21. The molecule has 25 heavy (non-hydrogen) atoms. The van der Waals surface area contributed by atoms with Crippen molar-refractivity contribution in [2.75, 3.05) is 5.32 Å².